The normalized spacial score (nSPS) is 26.9. The van der Waals surface area contributed by atoms with E-state index >= 15 is 0 Å². The second-order valence-electron chi connectivity index (χ2n) is 4.95. The average Bonchev–Trinajstić information content (AvgIpc) is 2.70. The monoisotopic (exact) mass is 247 g/mol. The van der Waals surface area contributed by atoms with E-state index in [4.69, 9.17) is 5.73 Å². The topological polar surface area (TPSA) is 84.1 Å². The molecule has 0 aromatic carbocycles. The summed E-state index contributed by atoms with van der Waals surface area (Å²) in [5.41, 5.74) is 5.77. The minimum atomic E-state index is 0.0928. The first-order valence-electron chi connectivity index (χ1n) is 6.30. The third-order valence-corrected chi connectivity index (χ3v) is 3.74. The van der Waals surface area contributed by atoms with E-state index in [-0.39, 0.29) is 17.9 Å². The maximum atomic E-state index is 11.7. The number of amides is 1. The molecule has 0 saturated carbocycles. The lowest BCUT2D eigenvalue weighted by molar-refractivity contribution is -0.122. The van der Waals surface area contributed by atoms with Crippen LogP contribution in [0.25, 0.3) is 0 Å². The molecule has 18 heavy (non-hydrogen) atoms. The van der Waals surface area contributed by atoms with Crippen LogP contribution in [0.4, 0.5) is 11.6 Å². The van der Waals surface area contributed by atoms with Gasteiger partial charge in [0.05, 0.1) is 12.0 Å². The number of anilines is 2. The Labute approximate surface area is 106 Å². The minimum absolute atomic E-state index is 0.0928. The van der Waals surface area contributed by atoms with Gasteiger partial charge in [-0.15, -0.1) is 0 Å². The molecule has 2 saturated heterocycles. The molecule has 2 fully saturated rings. The van der Waals surface area contributed by atoms with Gasteiger partial charge in [0.2, 0.25) is 5.91 Å². The van der Waals surface area contributed by atoms with Crippen LogP contribution >= 0.6 is 0 Å². The van der Waals surface area contributed by atoms with Gasteiger partial charge in [-0.05, 0) is 19.8 Å². The van der Waals surface area contributed by atoms with Crippen LogP contribution in [0.3, 0.4) is 0 Å². The molecule has 2 unspecified atom stereocenters. The van der Waals surface area contributed by atoms with Crippen molar-refractivity contribution in [3.63, 3.8) is 0 Å². The summed E-state index contributed by atoms with van der Waals surface area (Å²) in [6, 6.07) is 2.00. The predicted octanol–water partition coefficient (Wildman–Crippen LogP) is 0.0820. The Bertz CT molecular complexity index is 469. The zero-order valence-electron chi connectivity index (χ0n) is 10.4. The molecule has 1 aromatic heterocycles. The van der Waals surface area contributed by atoms with E-state index in [0.29, 0.717) is 18.2 Å². The van der Waals surface area contributed by atoms with Gasteiger partial charge in [-0.2, -0.15) is 0 Å². The molecule has 3 heterocycles. The van der Waals surface area contributed by atoms with E-state index in [9.17, 15) is 4.79 Å². The van der Waals surface area contributed by atoms with Gasteiger partial charge in [0, 0.05) is 19.2 Å². The number of carbonyl (C=O) groups is 1. The van der Waals surface area contributed by atoms with Crippen molar-refractivity contribution in [2.75, 3.05) is 23.7 Å². The number of aryl methyl sites for hydroxylation is 1. The van der Waals surface area contributed by atoms with Crippen LogP contribution in [0, 0.1) is 12.8 Å². The van der Waals surface area contributed by atoms with Crippen molar-refractivity contribution in [3.05, 3.63) is 11.9 Å². The first-order valence-corrected chi connectivity index (χ1v) is 6.30. The van der Waals surface area contributed by atoms with Crippen molar-refractivity contribution in [2.45, 2.75) is 25.8 Å². The van der Waals surface area contributed by atoms with Gasteiger partial charge >= 0.3 is 0 Å². The van der Waals surface area contributed by atoms with Gasteiger partial charge in [-0.3, -0.25) is 4.79 Å². The Balaban J connectivity index is 1.93. The van der Waals surface area contributed by atoms with Crippen molar-refractivity contribution in [1.29, 1.82) is 0 Å². The lowest BCUT2D eigenvalue weighted by Gasteiger charge is -2.36. The molecule has 3 N–H and O–H groups in total. The Morgan fingerprint density at radius 3 is 3.11 bits per heavy atom. The Morgan fingerprint density at radius 1 is 1.50 bits per heavy atom. The number of nitrogens with zero attached hydrogens (tertiary/aromatic N) is 3. The highest BCUT2D eigenvalue weighted by molar-refractivity contribution is 5.83. The van der Waals surface area contributed by atoms with Crippen molar-refractivity contribution in [3.8, 4) is 0 Å². The van der Waals surface area contributed by atoms with Gasteiger partial charge in [0.1, 0.15) is 17.5 Å². The highest BCUT2D eigenvalue weighted by Gasteiger charge is 2.41. The maximum Gasteiger partial charge on any atom is 0.225 e. The van der Waals surface area contributed by atoms with E-state index in [2.05, 4.69) is 20.2 Å². The van der Waals surface area contributed by atoms with Gasteiger partial charge in [0.25, 0.3) is 0 Å². The summed E-state index contributed by atoms with van der Waals surface area (Å²) in [6.07, 6.45) is 1.98. The molecule has 3 rings (SSSR count). The fourth-order valence-electron chi connectivity index (χ4n) is 2.96. The fourth-order valence-corrected chi connectivity index (χ4v) is 2.96. The van der Waals surface area contributed by atoms with Gasteiger partial charge in [-0.1, -0.05) is 0 Å². The van der Waals surface area contributed by atoms with Gasteiger partial charge in [-0.25, -0.2) is 9.97 Å². The molecular formula is C12H17N5O. The van der Waals surface area contributed by atoms with Gasteiger partial charge < -0.3 is 16.0 Å². The highest BCUT2D eigenvalue weighted by atomic mass is 16.2. The zero-order valence-corrected chi connectivity index (χ0v) is 10.4. The number of piperidine rings is 1. The molecule has 2 aliphatic heterocycles. The number of fused-ring (bicyclic) bond motifs is 1. The molecule has 6 nitrogen and oxygen atoms in total. The minimum Gasteiger partial charge on any atom is -0.384 e. The largest absolute Gasteiger partial charge is 0.384 e. The van der Waals surface area contributed by atoms with Gasteiger partial charge in [0.15, 0.2) is 0 Å². The molecule has 0 aliphatic carbocycles. The Morgan fingerprint density at radius 2 is 2.33 bits per heavy atom. The number of rotatable bonds is 1. The summed E-state index contributed by atoms with van der Waals surface area (Å²) in [5.74, 6) is 2.26. The molecule has 0 bridgehead atoms. The summed E-state index contributed by atoms with van der Waals surface area (Å²) in [6.45, 7) is 3.46. The number of aromatic nitrogens is 2. The lowest BCUT2D eigenvalue weighted by atomic mass is 9.91. The van der Waals surface area contributed by atoms with Crippen LogP contribution in [0.2, 0.25) is 0 Å². The summed E-state index contributed by atoms with van der Waals surface area (Å²) in [5, 5.41) is 2.94. The third kappa shape index (κ3) is 1.77. The van der Waals surface area contributed by atoms with Crippen LogP contribution in [0.15, 0.2) is 6.07 Å². The summed E-state index contributed by atoms with van der Waals surface area (Å²) >= 11 is 0. The summed E-state index contributed by atoms with van der Waals surface area (Å²) in [4.78, 5) is 22.4. The smallest absolute Gasteiger partial charge is 0.225 e. The fraction of sp³-hybridized carbons (Fsp3) is 0.583. The second-order valence-corrected chi connectivity index (χ2v) is 4.95. The highest BCUT2D eigenvalue weighted by Crippen LogP contribution is 2.30. The van der Waals surface area contributed by atoms with Crippen LogP contribution < -0.4 is 16.0 Å². The average molecular weight is 247 g/mol. The van der Waals surface area contributed by atoms with Crippen molar-refractivity contribution in [1.82, 2.24) is 15.3 Å². The molecule has 6 heteroatoms. The molecule has 0 radical (unpaired) electrons. The molecular weight excluding hydrogens is 230 g/mol. The number of carbonyl (C=O) groups excluding carboxylic acids is 1. The van der Waals surface area contributed by atoms with Crippen LogP contribution in [-0.4, -0.2) is 35.0 Å². The van der Waals surface area contributed by atoms with E-state index in [1.807, 2.05) is 6.92 Å². The number of nitrogen functional groups attached to an aromatic ring is 1. The number of hydrogen-bond acceptors (Lipinski definition) is 5. The third-order valence-electron chi connectivity index (χ3n) is 3.74. The predicted molar refractivity (Wildman–Crippen MR) is 68.0 cm³/mol. The second kappa shape index (κ2) is 4.12. The standard InChI is InChI=1S/C12H17N5O/c1-7-15-10(13)5-11(16-7)17-4-2-3-8-9(17)6-14-12(8)18/h5,8-9H,2-4,6H2,1H3,(H,14,18)(H2,13,15,16). The first-order chi connectivity index (χ1) is 8.65. The number of nitrogens with two attached hydrogens (primary N) is 1. The van der Waals surface area contributed by atoms with E-state index in [1.165, 1.54) is 0 Å². The van der Waals surface area contributed by atoms with Crippen LogP contribution in [0.1, 0.15) is 18.7 Å². The SMILES string of the molecule is Cc1nc(N)cc(N2CCCC3C(=O)NCC32)n1. The molecule has 2 aliphatic rings. The van der Waals surface area contributed by atoms with Crippen molar-refractivity contribution < 1.29 is 4.79 Å². The molecule has 0 spiro atoms. The van der Waals surface area contributed by atoms with E-state index in [1.54, 1.807) is 6.07 Å². The molecule has 96 valence electrons. The molecule has 1 aromatic rings. The Hall–Kier alpha value is -1.85. The van der Waals surface area contributed by atoms with E-state index < -0.39 is 0 Å². The number of hydrogen-bond donors (Lipinski definition) is 2. The first kappa shape index (κ1) is 11.3. The van der Waals surface area contributed by atoms with Crippen LogP contribution in [0.5, 0.6) is 0 Å². The molecule has 2 atom stereocenters. The summed E-state index contributed by atoms with van der Waals surface area (Å²) in [7, 11) is 0. The van der Waals surface area contributed by atoms with E-state index in [0.717, 1.165) is 25.2 Å². The molecule has 1 amide bonds. The quantitative estimate of drug-likeness (QED) is 0.734. The van der Waals surface area contributed by atoms with Crippen LogP contribution in [-0.2, 0) is 4.79 Å². The van der Waals surface area contributed by atoms with Crippen molar-refractivity contribution in [2.24, 2.45) is 5.92 Å². The Kier molecular flexibility index (Phi) is 2.57. The summed E-state index contributed by atoms with van der Waals surface area (Å²) < 4.78 is 0. The van der Waals surface area contributed by atoms with Crippen molar-refractivity contribution >= 4 is 17.5 Å². The maximum absolute atomic E-state index is 11.7. The zero-order chi connectivity index (χ0) is 12.7. The lowest BCUT2D eigenvalue weighted by Crippen LogP contribution is -2.46. The number of nitrogens with one attached hydrogen (secondary N) is 1.